The summed E-state index contributed by atoms with van der Waals surface area (Å²) in [4.78, 5) is 17.4. The molecule has 1 amide bonds. The molecule has 0 saturated heterocycles. The van der Waals surface area contributed by atoms with E-state index in [2.05, 4.69) is 15.0 Å². The molecule has 0 saturated carbocycles. The van der Waals surface area contributed by atoms with E-state index in [0.29, 0.717) is 18.1 Å². The number of sulfonamides is 1. The lowest BCUT2D eigenvalue weighted by atomic mass is 10.2. The second-order valence-corrected chi connectivity index (χ2v) is 9.24. The Morgan fingerprint density at radius 2 is 2.00 bits per heavy atom. The number of halogens is 3. The molecule has 0 atom stereocenters. The van der Waals surface area contributed by atoms with Crippen LogP contribution < -0.4 is 10.1 Å². The van der Waals surface area contributed by atoms with E-state index in [1.807, 2.05) is 0 Å². The van der Waals surface area contributed by atoms with Crippen LogP contribution in [0.25, 0.3) is 0 Å². The molecule has 1 aliphatic heterocycles. The molecule has 7 nitrogen and oxygen atoms in total. The SMILES string of the molecule is CCS(=O)(=O)N1CCc2nc(NC(=O)c3ccc(OC(F)(F)F)cc3)sc2C1. The van der Waals surface area contributed by atoms with Gasteiger partial charge in [0.1, 0.15) is 5.75 Å². The van der Waals surface area contributed by atoms with E-state index < -0.39 is 28.0 Å². The highest BCUT2D eigenvalue weighted by Gasteiger charge is 2.31. The summed E-state index contributed by atoms with van der Waals surface area (Å²) >= 11 is 1.18. The van der Waals surface area contributed by atoms with Gasteiger partial charge in [-0.25, -0.2) is 13.4 Å². The molecule has 0 radical (unpaired) electrons. The van der Waals surface area contributed by atoms with Gasteiger partial charge in [-0.2, -0.15) is 4.31 Å². The Kier molecular flexibility index (Phi) is 5.64. The summed E-state index contributed by atoms with van der Waals surface area (Å²) in [6.45, 7) is 2.12. The van der Waals surface area contributed by atoms with Crippen molar-refractivity contribution in [2.45, 2.75) is 26.3 Å². The average Bonchev–Trinajstić information content (AvgIpc) is 3.02. The number of alkyl halides is 3. The van der Waals surface area contributed by atoms with Gasteiger partial charge >= 0.3 is 6.36 Å². The number of thiazole rings is 1. The highest BCUT2D eigenvalue weighted by atomic mass is 32.2. The monoisotopic (exact) mass is 435 g/mol. The van der Waals surface area contributed by atoms with Gasteiger partial charge in [-0.1, -0.05) is 0 Å². The van der Waals surface area contributed by atoms with Crippen molar-refractivity contribution < 1.29 is 31.1 Å². The van der Waals surface area contributed by atoms with Gasteiger partial charge in [0.2, 0.25) is 10.0 Å². The molecule has 0 unspecified atom stereocenters. The number of aromatic nitrogens is 1. The first-order valence-electron chi connectivity index (χ1n) is 8.21. The van der Waals surface area contributed by atoms with Crippen LogP contribution in [0, 0.1) is 0 Å². The fourth-order valence-corrected chi connectivity index (χ4v) is 4.78. The molecule has 0 bridgehead atoms. The van der Waals surface area contributed by atoms with Crippen molar-refractivity contribution in [2.75, 3.05) is 17.6 Å². The van der Waals surface area contributed by atoms with E-state index in [9.17, 15) is 26.4 Å². The van der Waals surface area contributed by atoms with Crippen molar-refractivity contribution in [3.63, 3.8) is 0 Å². The Balaban J connectivity index is 1.68. The molecule has 12 heteroatoms. The second kappa shape index (κ2) is 7.68. The van der Waals surface area contributed by atoms with Crippen molar-refractivity contribution in [1.29, 1.82) is 0 Å². The van der Waals surface area contributed by atoms with Gasteiger partial charge < -0.3 is 4.74 Å². The Labute approximate surface area is 163 Å². The summed E-state index contributed by atoms with van der Waals surface area (Å²) in [6.07, 6.45) is -4.35. The molecule has 28 heavy (non-hydrogen) atoms. The summed E-state index contributed by atoms with van der Waals surface area (Å²) in [7, 11) is -3.30. The van der Waals surface area contributed by atoms with Crippen molar-refractivity contribution in [1.82, 2.24) is 9.29 Å². The van der Waals surface area contributed by atoms with Crippen molar-refractivity contribution in [3.8, 4) is 5.75 Å². The Hall–Kier alpha value is -2.18. The van der Waals surface area contributed by atoms with Crippen molar-refractivity contribution in [3.05, 3.63) is 40.4 Å². The molecule has 1 aromatic heterocycles. The minimum absolute atomic E-state index is 0.0127. The van der Waals surface area contributed by atoms with E-state index in [4.69, 9.17) is 0 Å². The topological polar surface area (TPSA) is 88.6 Å². The van der Waals surface area contributed by atoms with Crippen molar-refractivity contribution >= 4 is 32.4 Å². The van der Waals surface area contributed by atoms with Gasteiger partial charge in [0, 0.05) is 30.0 Å². The number of rotatable bonds is 5. The standard InChI is InChI=1S/C16H16F3N3O4S2/c1-2-28(24,25)22-8-7-12-13(9-22)27-15(20-12)21-14(23)10-3-5-11(6-4-10)26-16(17,18)19/h3-6H,2,7-9H2,1H3,(H,20,21,23). The highest BCUT2D eigenvalue weighted by Crippen LogP contribution is 2.30. The van der Waals surface area contributed by atoms with Gasteiger partial charge in [0.25, 0.3) is 5.91 Å². The van der Waals surface area contributed by atoms with E-state index in [1.165, 1.54) is 27.8 Å². The number of carbonyl (C=O) groups is 1. The lowest BCUT2D eigenvalue weighted by Crippen LogP contribution is -2.36. The predicted octanol–water partition coefficient (Wildman–Crippen LogP) is 3.00. The van der Waals surface area contributed by atoms with E-state index in [-0.39, 0.29) is 17.9 Å². The summed E-state index contributed by atoms with van der Waals surface area (Å²) in [5.41, 5.74) is 0.870. The number of benzene rings is 1. The molecule has 1 aliphatic rings. The number of nitrogens with one attached hydrogen (secondary N) is 1. The molecular weight excluding hydrogens is 419 g/mol. The predicted molar refractivity (Wildman–Crippen MR) is 96.8 cm³/mol. The number of fused-ring (bicyclic) bond motifs is 1. The van der Waals surface area contributed by atoms with E-state index in [1.54, 1.807) is 6.92 Å². The zero-order chi connectivity index (χ0) is 20.5. The summed E-state index contributed by atoms with van der Waals surface area (Å²) in [5, 5.41) is 2.89. The zero-order valence-corrected chi connectivity index (χ0v) is 16.2. The number of ether oxygens (including phenoxy) is 1. The Morgan fingerprint density at radius 1 is 1.32 bits per heavy atom. The number of anilines is 1. The van der Waals surface area contributed by atoms with Crippen LogP contribution in [0.15, 0.2) is 24.3 Å². The molecule has 2 aromatic rings. The van der Waals surface area contributed by atoms with Crippen LogP contribution >= 0.6 is 11.3 Å². The zero-order valence-electron chi connectivity index (χ0n) is 14.6. The lowest BCUT2D eigenvalue weighted by Gasteiger charge is -2.24. The van der Waals surface area contributed by atoms with Crippen molar-refractivity contribution in [2.24, 2.45) is 0 Å². The molecular formula is C16H16F3N3O4S2. The summed E-state index contributed by atoms with van der Waals surface area (Å²) in [5.74, 6) is -0.952. The first-order chi connectivity index (χ1) is 13.1. The van der Waals surface area contributed by atoms with Gasteiger partial charge in [-0.05, 0) is 31.2 Å². The minimum atomic E-state index is -4.80. The maximum atomic E-state index is 12.3. The van der Waals surface area contributed by atoms with Crippen LogP contribution in [0.1, 0.15) is 27.9 Å². The van der Waals surface area contributed by atoms with Crippen LogP contribution in [0.3, 0.4) is 0 Å². The fraction of sp³-hybridized carbons (Fsp3) is 0.375. The van der Waals surface area contributed by atoms with E-state index >= 15 is 0 Å². The third-order valence-electron chi connectivity index (χ3n) is 4.02. The normalized spacial score (nSPS) is 15.1. The number of hydrogen-bond donors (Lipinski definition) is 1. The number of carbonyl (C=O) groups excluding carboxylic acids is 1. The molecule has 1 N–H and O–H groups in total. The first-order valence-corrected chi connectivity index (χ1v) is 10.6. The molecule has 2 heterocycles. The van der Waals surface area contributed by atoms with Gasteiger partial charge in [0.15, 0.2) is 5.13 Å². The van der Waals surface area contributed by atoms with Crippen LogP contribution in [0.4, 0.5) is 18.3 Å². The number of hydrogen-bond acceptors (Lipinski definition) is 6. The van der Waals surface area contributed by atoms with Gasteiger partial charge in [-0.3, -0.25) is 10.1 Å². The van der Waals surface area contributed by atoms with Gasteiger partial charge in [-0.15, -0.1) is 24.5 Å². The van der Waals surface area contributed by atoms with E-state index in [0.717, 1.165) is 22.7 Å². The molecule has 3 rings (SSSR count). The van der Waals surface area contributed by atoms with Crippen LogP contribution in [0.5, 0.6) is 5.75 Å². The third kappa shape index (κ3) is 4.80. The minimum Gasteiger partial charge on any atom is -0.406 e. The first kappa shape index (κ1) is 20.6. The lowest BCUT2D eigenvalue weighted by molar-refractivity contribution is -0.274. The summed E-state index contributed by atoms with van der Waals surface area (Å²) < 4.78 is 65.7. The molecule has 0 aliphatic carbocycles. The Morgan fingerprint density at radius 3 is 2.61 bits per heavy atom. The smallest absolute Gasteiger partial charge is 0.406 e. The molecule has 0 spiro atoms. The molecule has 152 valence electrons. The number of amides is 1. The summed E-state index contributed by atoms with van der Waals surface area (Å²) in [6, 6.07) is 4.50. The quantitative estimate of drug-likeness (QED) is 0.780. The maximum absolute atomic E-state index is 12.3. The van der Waals surface area contributed by atoms with Crippen LogP contribution in [-0.2, 0) is 23.0 Å². The number of nitrogens with zero attached hydrogens (tertiary/aromatic N) is 2. The van der Waals surface area contributed by atoms with Crippen LogP contribution in [0.2, 0.25) is 0 Å². The maximum Gasteiger partial charge on any atom is 0.573 e. The Bertz CT molecular complexity index is 972. The van der Waals surface area contributed by atoms with Crippen LogP contribution in [-0.4, -0.2) is 42.3 Å². The van der Waals surface area contributed by atoms with Gasteiger partial charge in [0.05, 0.1) is 11.4 Å². The second-order valence-electron chi connectivity index (χ2n) is 5.90. The largest absolute Gasteiger partial charge is 0.573 e. The fourth-order valence-electron chi connectivity index (χ4n) is 2.62. The average molecular weight is 435 g/mol. The highest BCUT2D eigenvalue weighted by molar-refractivity contribution is 7.89. The molecule has 0 fully saturated rings. The molecule has 1 aromatic carbocycles. The third-order valence-corrected chi connectivity index (χ3v) is 6.85.